The van der Waals surface area contributed by atoms with Crippen molar-refractivity contribution in [2.24, 2.45) is 0 Å². The van der Waals surface area contributed by atoms with Gasteiger partial charge in [0.1, 0.15) is 6.10 Å². The summed E-state index contributed by atoms with van der Waals surface area (Å²) in [6, 6.07) is 13.8. The van der Waals surface area contributed by atoms with Gasteiger partial charge in [-0.1, -0.05) is 36.4 Å². The predicted molar refractivity (Wildman–Crippen MR) is 106 cm³/mol. The Kier molecular flexibility index (Phi) is 6.21. The molecule has 1 heterocycles. The average Bonchev–Trinajstić information content (AvgIpc) is 2.74. The molecule has 1 aliphatic heterocycles. The SMILES string of the molecule is COc1ccc(C(O)(C(=O)OC2CCN(C)CC2)c2ccccc2)cc1OC. The molecule has 0 bridgehead atoms. The zero-order valence-electron chi connectivity index (χ0n) is 16.6. The van der Waals surface area contributed by atoms with Crippen molar-refractivity contribution in [3.8, 4) is 11.5 Å². The highest BCUT2D eigenvalue weighted by atomic mass is 16.6. The first kappa shape index (κ1) is 20.2. The maximum absolute atomic E-state index is 13.2. The van der Waals surface area contributed by atoms with E-state index in [-0.39, 0.29) is 6.10 Å². The molecule has 1 unspecified atom stereocenters. The fourth-order valence-electron chi connectivity index (χ4n) is 3.48. The molecule has 150 valence electrons. The molecule has 0 saturated carbocycles. The Morgan fingerprint density at radius 1 is 1.00 bits per heavy atom. The first-order chi connectivity index (χ1) is 13.5. The van der Waals surface area contributed by atoms with E-state index in [1.807, 2.05) is 13.1 Å². The van der Waals surface area contributed by atoms with E-state index in [1.54, 1.807) is 42.5 Å². The maximum atomic E-state index is 13.2. The molecule has 0 amide bonds. The van der Waals surface area contributed by atoms with Crippen LogP contribution >= 0.6 is 0 Å². The Bertz CT molecular complexity index is 802. The standard InChI is InChI=1S/C22H27NO5/c1-23-13-11-18(12-14-23)28-21(24)22(25,16-7-5-4-6-8-16)17-9-10-19(26-2)20(15-17)27-3/h4-10,15,18,25H,11-14H2,1-3H3. The maximum Gasteiger partial charge on any atom is 0.347 e. The van der Waals surface area contributed by atoms with Crippen LogP contribution in [0.5, 0.6) is 11.5 Å². The lowest BCUT2D eigenvalue weighted by molar-refractivity contribution is -0.169. The van der Waals surface area contributed by atoms with Crippen LogP contribution in [0, 0.1) is 0 Å². The van der Waals surface area contributed by atoms with E-state index >= 15 is 0 Å². The normalized spacial score (nSPS) is 17.6. The van der Waals surface area contributed by atoms with Gasteiger partial charge in [-0.25, -0.2) is 4.79 Å². The number of likely N-dealkylation sites (tertiary alicyclic amines) is 1. The summed E-state index contributed by atoms with van der Waals surface area (Å²) in [5, 5.41) is 11.6. The monoisotopic (exact) mass is 385 g/mol. The van der Waals surface area contributed by atoms with E-state index < -0.39 is 11.6 Å². The molecule has 0 aliphatic carbocycles. The number of rotatable bonds is 6. The second-order valence-corrected chi connectivity index (χ2v) is 7.05. The smallest absolute Gasteiger partial charge is 0.347 e. The number of hydrogen-bond acceptors (Lipinski definition) is 6. The van der Waals surface area contributed by atoms with Gasteiger partial charge in [-0.15, -0.1) is 0 Å². The van der Waals surface area contributed by atoms with Crippen molar-refractivity contribution < 1.29 is 24.1 Å². The first-order valence-corrected chi connectivity index (χ1v) is 9.39. The van der Waals surface area contributed by atoms with Gasteiger partial charge < -0.3 is 24.2 Å². The fraction of sp³-hybridized carbons (Fsp3) is 0.409. The van der Waals surface area contributed by atoms with E-state index in [1.165, 1.54) is 14.2 Å². The van der Waals surface area contributed by atoms with Gasteiger partial charge in [-0.3, -0.25) is 0 Å². The highest BCUT2D eigenvalue weighted by Crippen LogP contribution is 2.37. The average molecular weight is 385 g/mol. The molecular weight excluding hydrogens is 358 g/mol. The number of nitrogens with zero attached hydrogens (tertiary/aromatic N) is 1. The van der Waals surface area contributed by atoms with E-state index in [4.69, 9.17) is 14.2 Å². The Balaban J connectivity index is 1.98. The minimum absolute atomic E-state index is 0.209. The number of ether oxygens (including phenoxy) is 3. The zero-order chi connectivity index (χ0) is 20.1. The highest BCUT2D eigenvalue weighted by Gasteiger charge is 2.43. The summed E-state index contributed by atoms with van der Waals surface area (Å²) in [5.74, 6) is 0.271. The van der Waals surface area contributed by atoms with Crippen LogP contribution in [0.2, 0.25) is 0 Å². The highest BCUT2D eigenvalue weighted by molar-refractivity contribution is 5.86. The second kappa shape index (κ2) is 8.63. The molecule has 3 rings (SSSR count). The third-order valence-electron chi connectivity index (χ3n) is 5.23. The number of carbonyl (C=O) groups is 1. The van der Waals surface area contributed by atoms with Crippen molar-refractivity contribution in [3.05, 3.63) is 59.7 Å². The summed E-state index contributed by atoms with van der Waals surface area (Å²) in [7, 11) is 5.09. The van der Waals surface area contributed by atoms with Gasteiger partial charge in [-0.05, 0) is 37.6 Å². The third kappa shape index (κ3) is 3.98. The quantitative estimate of drug-likeness (QED) is 0.771. The number of carbonyl (C=O) groups excluding carboxylic acids is 1. The van der Waals surface area contributed by atoms with E-state index in [0.717, 1.165) is 25.9 Å². The van der Waals surface area contributed by atoms with Crippen LogP contribution in [0.1, 0.15) is 24.0 Å². The zero-order valence-corrected chi connectivity index (χ0v) is 16.6. The third-order valence-corrected chi connectivity index (χ3v) is 5.23. The summed E-state index contributed by atoms with van der Waals surface area (Å²) in [6.07, 6.45) is 1.29. The molecular formula is C22H27NO5. The van der Waals surface area contributed by atoms with Crippen LogP contribution in [0.25, 0.3) is 0 Å². The Morgan fingerprint density at radius 3 is 2.25 bits per heavy atom. The number of aliphatic hydroxyl groups is 1. The number of methoxy groups -OCH3 is 2. The predicted octanol–water partition coefficient (Wildman–Crippen LogP) is 2.58. The number of benzene rings is 2. The van der Waals surface area contributed by atoms with E-state index in [2.05, 4.69) is 4.90 Å². The minimum atomic E-state index is -1.94. The minimum Gasteiger partial charge on any atom is -0.493 e. The van der Waals surface area contributed by atoms with Crippen LogP contribution in [0.3, 0.4) is 0 Å². The van der Waals surface area contributed by atoms with Gasteiger partial charge in [-0.2, -0.15) is 0 Å². The van der Waals surface area contributed by atoms with Crippen molar-refractivity contribution in [2.75, 3.05) is 34.4 Å². The molecule has 2 aromatic carbocycles. The van der Waals surface area contributed by atoms with Gasteiger partial charge in [0.25, 0.3) is 0 Å². The molecule has 6 heteroatoms. The number of hydrogen-bond donors (Lipinski definition) is 1. The first-order valence-electron chi connectivity index (χ1n) is 9.39. The molecule has 0 spiro atoms. The van der Waals surface area contributed by atoms with Gasteiger partial charge in [0.2, 0.25) is 5.60 Å². The van der Waals surface area contributed by atoms with Crippen molar-refractivity contribution in [1.29, 1.82) is 0 Å². The van der Waals surface area contributed by atoms with Gasteiger partial charge in [0, 0.05) is 18.7 Å². The van der Waals surface area contributed by atoms with Crippen molar-refractivity contribution >= 4 is 5.97 Å². The van der Waals surface area contributed by atoms with Gasteiger partial charge >= 0.3 is 5.97 Å². The summed E-state index contributed by atoms with van der Waals surface area (Å²) >= 11 is 0. The Labute approximate surface area is 165 Å². The molecule has 2 aromatic rings. The summed E-state index contributed by atoms with van der Waals surface area (Å²) < 4.78 is 16.4. The lowest BCUT2D eigenvalue weighted by atomic mass is 9.86. The van der Waals surface area contributed by atoms with Crippen LogP contribution < -0.4 is 9.47 Å². The van der Waals surface area contributed by atoms with Crippen molar-refractivity contribution in [1.82, 2.24) is 4.90 Å². The van der Waals surface area contributed by atoms with Crippen LogP contribution in [0.15, 0.2) is 48.5 Å². The topological polar surface area (TPSA) is 68.2 Å². The van der Waals surface area contributed by atoms with E-state index in [9.17, 15) is 9.90 Å². The summed E-state index contributed by atoms with van der Waals surface area (Å²) in [5.41, 5.74) is -1.13. The van der Waals surface area contributed by atoms with Crippen LogP contribution in [-0.2, 0) is 15.1 Å². The molecule has 0 radical (unpaired) electrons. The van der Waals surface area contributed by atoms with Crippen molar-refractivity contribution in [2.45, 2.75) is 24.5 Å². The fourth-order valence-corrected chi connectivity index (χ4v) is 3.48. The lowest BCUT2D eigenvalue weighted by Crippen LogP contribution is -2.43. The molecule has 28 heavy (non-hydrogen) atoms. The Morgan fingerprint density at radius 2 is 1.64 bits per heavy atom. The molecule has 1 aliphatic rings. The number of piperidine rings is 1. The lowest BCUT2D eigenvalue weighted by Gasteiger charge is -2.33. The van der Waals surface area contributed by atoms with Gasteiger partial charge in [0.15, 0.2) is 11.5 Å². The number of esters is 1. The summed E-state index contributed by atoms with van der Waals surface area (Å²) in [6.45, 7) is 1.72. The van der Waals surface area contributed by atoms with Crippen molar-refractivity contribution in [3.63, 3.8) is 0 Å². The summed E-state index contributed by atoms with van der Waals surface area (Å²) in [4.78, 5) is 15.4. The van der Waals surface area contributed by atoms with E-state index in [0.29, 0.717) is 22.6 Å². The molecule has 6 nitrogen and oxygen atoms in total. The van der Waals surface area contributed by atoms with Gasteiger partial charge in [0.05, 0.1) is 14.2 Å². The molecule has 1 fully saturated rings. The Hall–Kier alpha value is -2.57. The second-order valence-electron chi connectivity index (χ2n) is 7.05. The molecule has 0 aromatic heterocycles. The van der Waals surface area contributed by atoms with Crippen LogP contribution in [0.4, 0.5) is 0 Å². The van der Waals surface area contributed by atoms with Crippen LogP contribution in [-0.4, -0.2) is 56.4 Å². The molecule has 1 saturated heterocycles. The molecule has 1 atom stereocenters. The largest absolute Gasteiger partial charge is 0.493 e. The molecule has 1 N–H and O–H groups in total.